The van der Waals surface area contributed by atoms with E-state index in [0.29, 0.717) is 23.1 Å². The van der Waals surface area contributed by atoms with Gasteiger partial charge in [0.1, 0.15) is 5.75 Å². The highest BCUT2D eigenvalue weighted by Gasteiger charge is 2.03. The second-order valence-electron chi connectivity index (χ2n) is 5.85. The average molecular weight is 350 g/mol. The number of halogens is 1. The number of pyridine rings is 1. The molecule has 130 valence electrons. The Morgan fingerprint density at radius 3 is 2.46 bits per heavy atom. The first-order valence-electron chi connectivity index (χ1n) is 7.78. The lowest BCUT2D eigenvalue weighted by Gasteiger charge is -2.08. The number of nitrogens with one attached hydrogen (secondary N) is 1. The van der Waals surface area contributed by atoms with Gasteiger partial charge in [-0.3, -0.25) is 4.79 Å². The van der Waals surface area contributed by atoms with Gasteiger partial charge in [0.15, 0.2) is 0 Å². The van der Waals surface area contributed by atoms with Crippen LogP contribution in [0.1, 0.15) is 36.2 Å². The molecule has 5 nitrogen and oxygen atoms in total. The zero-order valence-corrected chi connectivity index (χ0v) is 14.8. The van der Waals surface area contributed by atoms with Crippen LogP contribution in [0, 0.1) is 5.92 Å². The molecule has 0 aliphatic carbocycles. The van der Waals surface area contributed by atoms with Crippen LogP contribution in [0.15, 0.2) is 42.6 Å². The highest BCUT2D eigenvalue weighted by atomic mass is 35.5. The van der Waals surface area contributed by atoms with Gasteiger partial charge in [-0.1, -0.05) is 26.0 Å². The van der Waals surface area contributed by atoms with Gasteiger partial charge in [0, 0.05) is 18.8 Å². The highest BCUT2D eigenvalue weighted by molar-refractivity contribution is 5.92. The second kappa shape index (κ2) is 9.90. The van der Waals surface area contributed by atoms with Gasteiger partial charge in [0.05, 0.1) is 5.56 Å². The maximum Gasteiger partial charge on any atom is 0.250 e. The number of nitrogens with zero attached hydrogens (tertiary/aromatic N) is 1. The number of amides is 1. The van der Waals surface area contributed by atoms with E-state index < -0.39 is 5.91 Å². The van der Waals surface area contributed by atoms with Crippen molar-refractivity contribution < 1.29 is 9.53 Å². The van der Waals surface area contributed by atoms with E-state index in [1.54, 1.807) is 12.1 Å². The molecule has 0 spiro atoms. The van der Waals surface area contributed by atoms with Crippen molar-refractivity contribution in [3.63, 3.8) is 0 Å². The molecule has 1 heterocycles. The third-order valence-electron chi connectivity index (χ3n) is 3.39. The van der Waals surface area contributed by atoms with E-state index in [2.05, 4.69) is 24.1 Å². The average Bonchev–Trinajstić information content (AvgIpc) is 2.53. The molecule has 0 saturated heterocycles. The van der Waals surface area contributed by atoms with Crippen molar-refractivity contribution in [3.8, 4) is 11.6 Å². The largest absolute Gasteiger partial charge is 0.439 e. The van der Waals surface area contributed by atoms with Crippen LogP contribution >= 0.6 is 12.4 Å². The Morgan fingerprint density at radius 2 is 1.92 bits per heavy atom. The van der Waals surface area contributed by atoms with Crippen molar-refractivity contribution >= 4 is 18.3 Å². The summed E-state index contributed by atoms with van der Waals surface area (Å²) >= 11 is 0. The van der Waals surface area contributed by atoms with Crippen molar-refractivity contribution in [3.05, 3.63) is 53.7 Å². The Kier molecular flexibility index (Phi) is 8.22. The Balaban J connectivity index is 0.00000288. The third kappa shape index (κ3) is 6.56. The lowest BCUT2D eigenvalue weighted by Crippen LogP contribution is -2.16. The quantitative estimate of drug-likeness (QED) is 0.715. The Bertz CT molecular complexity index is 628. The molecule has 3 N–H and O–H groups in total. The molecule has 1 amide bonds. The van der Waals surface area contributed by atoms with Gasteiger partial charge >= 0.3 is 0 Å². The number of aromatic nitrogens is 1. The molecular weight excluding hydrogens is 326 g/mol. The summed E-state index contributed by atoms with van der Waals surface area (Å²) in [6.07, 6.45) is 2.58. The van der Waals surface area contributed by atoms with Crippen LogP contribution in [0.4, 0.5) is 0 Å². The number of hydrogen-bond acceptors (Lipinski definition) is 4. The standard InChI is InChI=1S/C18H23N3O2.ClH/c1-13(2)9-10-20-11-14-3-6-16(7-4-14)23-17-8-5-15(12-21-17)18(19)22;/h3-8,12-13,20H,9-11H2,1-2H3,(H2,19,22);1H. The number of hydrogen-bond donors (Lipinski definition) is 2. The summed E-state index contributed by atoms with van der Waals surface area (Å²) in [5.74, 6) is 1.35. The van der Waals surface area contributed by atoms with Crippen LogP contribution in [0.25, 0.3) is 0 Å². The van der Waals surface area contributed by atoms with Crippen LogP contribution < -0.4 is 15.8 Å². The van der Waals surface area contributed by atoms with E-state index in [1.807, 2.05) is 24.3 Å². The summed E-state index contributed by atoms with van der Waals surface area (Å²) < 4.78 is 5.64. The van der Waals surface area contributed by atoms with Crippen molar-refractivity contribution in [2.24, 2.45) is 11.7 Å². The van der Waals surface area contributed by atoms with Gasteiger partial charge in [-0.2, -0.15) is 0 Å². The number of benzene rings is 1. The van der Waals surface area contributed by atoms with Crippen LogP contribution in [0.3, 0.4) is 0 Å². The van der Waals surface area contributed by atoms with E-state index >= 15 is 0 Å². The first kappa shape index (κ1) is 19.9. The predicted molar refractivity (Wildman–Crippen MR) is 97.7 cm³/mol. The summed E-state index contributed by atoms with van der Waals surface area (Å²) in [5.41, 5.74) is 6.74. The number of carbonyl (C=O) groups excluding carboxylic acids is 1. The zero-order chi connectivity index (χ0) is 16.7. The molecule has 1 aromatic carbocycles. The number of rotatable bonds is 8. The summed E-state index contributed by atoms with van der Waals surface area (Å²) in [4.78, 5) is 15.0. The number of nitrogens with two attached hydrogens (primary N) is 1. The van der Waals surface area contributed by atoms with Crippen LogP contribution in [0.2, 0.25) is 0 Å². The van der Waals surface area contributed by atoms with E-state index in [0.717, 1.165) is 13.1 Å². The SMILES string of the molecule is CC(C)CCNCc1ccc(Oc2ccc(C(N)=O)cn2)cc1.Cl. The molecule has 6 heteroatoms. The van der Waals surface area contributed by atoms with Gasteiger partial charge in [0.2, 0.25) is 11.8 Å². The van der Waals surface area contributed by atoms with Crippen molar-refractivity contribution in [1.29, 1.82) is 0 Å². The molecule has 0 unspecified atom stereocenters. The maximum atomic E-state index is 11.0. The number of carbonyl (C=O) groups is 1. The van der Waals surface area contributed by atoms with Gasteiger partial charge < -0.3 is 15.8 Å². The molecule has 0 bridgehead atoms. The summed E-state index contributed by atoms with van der Waals surface area (Å²) in [5, 5.41) is 3.42. The number of primary amides is 1. The van der Waals surface area contributed by atoms with E-state index in [4.69, 9.17) is 10.5 Å². The molecule has 0 saturated carbocycles. The Labute approximate surface area is 149 Å². The minimum absolute atomic E-state index is 0. The molecule has 0 radical (unpaired) electrons. The first-order chi connectivity index (χ1) is 11.0. The minimum Gasteiger partial charge on any atom is -0.439 e. The second-order valence-corrected chi connectivity index (χ2v) is 5.85. The number of ether oxygens (including phenoxy) is 1. The van der Waals surface area contributed by atoms with Crippen molar-refractivity contribution in [2.75, 3.05) is 6.54 Å². The Morgan fingerprint density at radius 1 is 1.21 bits per heavy atom. The summed E-state index contributed by atoms with van der Waals surface area (Å²) in [6.45, 7) is 6.31. The van der Waals surface area contributed by atoms with Crippen LogP contribution in [-0.2, 0) is 6.54 Å². The fourth-order valence-electron chi connectivity index (χ4n) is 2.01. The lowest BCUT2D eigenvalue weighted by atomic mass is 10.1. The first-order valence-corrected chi connectivity index (χ1v) is 7.78. The predicted octanol–water partition coefficient (Wildman–Crippen LogP) is 3.53. The molecule has 24 heavy (non-hydrogen) atoms. The molecule has 0 aliphatic rings. The van der Waals surface area contributed by atoms with Crippen molar-refractivity contribution in [1.82, 2.24) is 10.3 Å². The monoisotopic (exact) mass is 349 g/mol. The highest BCUT2D eigenvalue weighted by Crippen LogP contribution is 2.19. The normalized spacial score (nSPS) is 10.3. The molecular formula is C18H24ClN3O2. The van der Waals surface area contributed by atoms with Crippen molar-refractivity contribution in [2.45, 2.75) is 26.8 Å². The fraction of sp³-hybridized carbons (Fsp3) is 0.333. The Hall–Kier alpha value is -2.11. The summed E-state index contributed by atoms with van der Waals surface area (Å²) in [6, 6.07) is 11.1. The minimum atomic E-state index is -0.502. The molecule has 2 rings (SSSR count). The maximum absolute atomic E-state index is 11.0. The third-order valence-corrected chi connectivity index (χ3v) is 3.39. The lowest BCUT2D eigenvalue weighted by molar-refractivity contribution is 0.1000. The smallest absolute Gasteiger partial charge is 0.250 e. The zero-order valence-electron chi connectivity index (χ0n) is 14.0. The summed E-state index contributed by atoms with van der Waals surface area (Å²) in [7, 11) is 0. The van der Waals surface area contributed by atoms with E-state index in [1.165, 1.54) is 18.2 Å². The fourth-order valence-corrected chi connectivity index (χ4v) is 2.01. The van der Waals surface area contributed by atoms with Crippen LogP contribution in [-0.4, -0.2) is 17.4 Å². The van der Waals surface area contributed by atoms with Gasteiger partial charge in [-0.15, -0.1) is 12.4 Å². The van der Waals surface area contributed by atoms with Gasteiger partial charge in [0.25, 0.3) is 0 Å². The molecule has 2 aromatic rings. The van der Waals surface area contributed by atoms with Crippen LogP contribution in [0.5, 0.6) is 11.6 Å². The molecule has 0 atom stereocenters. The topological polar surface area (TPSA) is 77.2 Å². The molecule has 0 aliphatic heterocycles. The molecule has 1 aromatic heterocycles. The molecule has 0 fully saturated rings. The van der Waals surface area contributed by atoms with E-state index in [9.17, 15) is 4.79 Å². The van der Waals surface area contributed by atoms with Gasteiger partial charge in [-0.05, 0) is 42.6 Å². The van der Waals surface area contributed by atoms with E-state index in [-0.39, 0.29) is 12.4 Å². The van der Waals surface area contributed by atoms with Gasteiger partial charge in [-0.25, -0.2) is 4.98 Å².